The van der Waals surface area contributed by atoms with Gasteiger partial charge in [0.1, 0.15) is 11.2 Å². The van der Waals surface area contributed by atoms with E-state index >= 15 is 0 Å². The van der Waals surface area contributed by atoms with Gasteiger partial charge in [0.2, 0.25) is 0 Å². The number of para-hydroxylation sites is 1. The highest BCUT2D eigenvalue weighted by atomic mass is 32.1. The predicted molar refractivity (Wildman–Crippen MR) is 207 cm³/mol. The fourth-order valence-corrected chi connectivity index (χ4v) is 8.36. The molecule has 0 saturated carbocycles. The second-order valence-electron chi connectivity index (χ2n) is 12.4. The molecule has 0 fully saturated rings. The first-order chi connectivity index (χ1) is 24.8. The summed E-state index contributed by atoms with van der Waals surface area (Å²) < 4.78 is 9.32. The van der Waals surface area contributed by atoms with Crippen LogP contribution < -0.4 is 0 Å². The summed E-state index contributed by atoms with van der Waals surface area (Å²) in [5.74, 6) is 0.654. The number of thiophene rings is 1. The van der Waals surface area contributed by atoms with E-state index in [0.29, 0.717) is 5.82 Å². The van der Waals surface area contributed by atoms with Crippen LogP contribution in [0, 0.1) is 0 Å². The van der Waals surface area contributed by atoms with Gasteiger partial charge in [-0.1, -0.05) is 121 Å². The van der Waals surface area contributed by atoms with Crippen molar-refractivity contribution in [1.29, 1.82) is 0 Å². The van der Waals surface area contributed by atoms with Crippen molar-refractivity contribution in [2.45, 2.75) is 0 Å². The first-order valence-electron chi connectivity index (χ1n) is 16.6. The number of hydrogen-bond acceptors (Lipinski definition) is 5. The van der Waals surface area contributed by atoms with Crippen LogP contribution in [0.25, 0.3) is 98.3 Å². The summed E-state index contributed by atoms with van der Waals surface area (Å²) >= 11 is 1.83. The highest BCUT2D eigenvalue weighted by Gasteiger charge is 2.22. The highest BCUT2D eigenvalue weighted by molar-refractivity contribution is 7.26. The molecular weight excluding hydrogens is 631 g/mol. The van der Waals surface area contributed by atoms with Gasteiger partial charge in [-0.15, -0.1) is 11.3 Å². The molecule has 0 spiro atoms. The lowest BCUT2D eigenvalue weighted by Gasteiger charge is -2.14. The van der Waals surface area contributed by atoms with Crippen molar-refractivity contribution in [1.82, 2.24) is 15.0 Å². The third-order valence-electron chi connectivity index (χ3n) is 9.43. The summed E-state index contributed by atoms with van der Waals surface area (Å²) in [7, 11) is 0. The summed E-state index contributed by atoms with van der Waals surface area (Å²) in [5.41, 5.74) is 10.6. The summed E-state index contributed by atoms with van der Waals surface area (Å²) in [5, 5.41) is 4.64. The van der Waals surface area contributed by atoms with Crippen LogP contribution >= 0.6 is 11.3 Å². The Balaban J connectivity index is 1.25. The van der Waals surface area contributed by atoms with Gasteiger partial charge in [-0.2, -0.15) is 0 Å². The molecule has 0 bridgehead atoms. The average Bonchev–Trinajstić information content (AvgIpc) is 3.77. The number of nitrogens with zero attached hydrogens (tertiary/aromatic N) is 3. The number of hydrogen-bond donors (Lipinski definition) is 0. The molecule has 0 aliphatic carbocycles. The minimum atomic E-state index is 0.654. The molecule has 4 nitrogen and oxygen atoms in total. The van der Waals surface area contributed by atoms with Crippen LogP contribution in [-0.4, -0.2) is 15.0 Å². The molecule has 0 aliphatic heterocycles. The van der Waals surface area contributed by atoms with Crippen LogP contribution in [0.15, 0.2) is 168 Å². The van der Waals surface area contributed by atoms with Crippen LogP contribution in [0.1, 0.15) is 0 Å². The molecule has 0 amide bonds. The number of furan rings is 1. The van der Waals surface area contributed by atoms with Crippen molar-refractivity contribution < 1.29 is 4.42 Å². The lowest BCUT2D eigenvalue weighted by molar-refractivity contribution is 0.670. The Morgan fingerprint density at radius 1 is 0.480 bits per heavy atom. The first-order valence-corrected chi connectivity index (χ1v) is 17.4. The van der Waals surface area contributed by atoms with Crippen molar-refractivity contribution in [3.8, 4) is 56.2 Å². The zero-order valence-corrected chi connectivity index (χ0v) is 27.6. The maximum Gasteiger partial charge on any atom is 0.161 e. The monoisotopic (exact) mass is 657 g/mol. The molecule has 4 heterocycles. The molecule has 0 N–H and O–H groups in total. The zero-order valence-electron chi connectivity index (χ0n) is 26.7. The minimum Gasteiger partial charge on any atom is -0.455 e. The van der Waals surface area contributed by atoms with Gasteiger partial charge in [-0.25, -0.2) is 9.97 Å². The van der Waals surface area contributed by atoms with Gasteiger partial charge in [0.15, 0.2) is 5.82 Å². The summed E-state index contributed by atoms with van der Waals surface area (Å²) in [6, 6.07) is 52.7. The van der Waals surface area contributed by atoms with Gasteiger partial charge in [0.25, 0.3) is 0 Å². The van der Waals surface area contributed by atoms with Crippen LogP contribution in [0.3, 0.4) is 0 Å². The quantitative estimate of drug-likeness (QED) is 0.185. The fourth-order valence-electron chi connectivity index (χ4n) is 7.13. The van der Waals surface area contributed by atoms with E-state index in [4.69, 9.17) is 14.4 Å². The normalized spacial score (nSPS) is 11.6. The van der Waals surface area contributed by atoms with E-state index in [2.05, 4.69) is 108 Å². The molecule has 6 aromatic carbocycles. The topological polar surface area (TPSA) is 51.8 Å². The van der Waals surface area contributed by atoms with Gasteiger partial charge in [-0.05, 0) is 35.9 Å². The highest BCUT2D eigenvalue weighted by Crippen LogP contribution is 2.46. The average molecular weight is 658 g/mol. The molecule has 4 aromatic heterocycles. The van der Waals surface area contributed by atoms with Crippen molar-refractivity contribution in [2.24, 2.45) is 0 Å². The molecule has 0 unspecified atom stereocenters. The second kappa shape index (κ2) is 11.6. The Morgan fingerprint density at radius 2 is 1.18 bits per heavy atom. The van der Waals surface area contributed by atoms with E-state index < -0.39 is 0 Å². The van der Waals surface area contributed by atoms with E-state index in [9.17, 15) is 0 Å². The lowest BCUT2D eigenvalue weighted by atomic mass is 9.95. The molecular formula is C45H27N3OS. The van der Waals surface area contributed by atoms with Gasteiger partial charge in [-0.3, -0.25) is 4.98 Å². The van der Waals surface area contributed by atoms with Crippen molar-refractivity contribution in [3.05, 3.63) is 164 Å². The zero-order chi connectivity index (χ0) is 33.0. The third-order valence-corrected chi connectivity index (χ3v) is 10.7. The Labute approximate surface area is 292 Å². The fraction of sp³-hybridized carbons (Fsp3) is 0. The van der Waals surface area contributed by atoms with E-state index in [1.54, 1.807) is 6.20 Å². The molecule has 0 aliphatic rings. The Hall–Kier alpha value is -6.43. The van der Waals surface area contributed by atoms with Crippen LogP contribution in [-0.2, 0) is 0 Å². The lowest BCUT2D eigenvalue weighted by Crippen LogP contribution is -1.98. The second-order valence-corrected chi connectivity index (χ2v) is 13.4. The molecule has 0 saturated heterocycles. The third kappa shape index (κ3) is 4.63. The van der Waals surface area contributed by atoms with E-state index in [1.807, 2.05) is 66.1 Å². The van der Waals surface area contributed by atoms with Crippen LogP contribution in [0.4, 0.5) is 0 Å². The number of fused-ring (bicyclic) bond motifs is 6. The minimum absolute atomic E-state index is 0.654. The Bertz CT molecular complexity index is 2870. The number of aromatic nitrogens is 3. The largest absolute Gasteiger partial charge is 0.455 e. The Morgan fingerprint density at radius 3 is 2.06 bits per heavy atom. The molecule has 5 heteroatoms. The van der Waals surface area contributed by atoms with E-state index in [1.165, 1.54) is 20.2 Å². The summed E-state index contributed by atoms with van der Waals surface area (Å²) in [6.45, 7) is 0. The summed E-state index contributed by atoms with van der Waals surface area (Å²) in [6.07, 6.45) is 3.68. The first kappa shape index (κ1) is 28.6. The van der Waals surface area contributed by atoms with Gasteiger partial charge >= 0.3 is 0 Å². The van der Waals surface area contributed by atoms with Crippen LogP contribution in [0.5, 0.6) is 0 Å². The number of rotatable bonds is 5. The van der Waals surface area contributed by atoms with Crippen LogP contribution in [0.2, 0.25) is 0 Å². The number of benzene rings is 6. The van der Waals surface area contributed by atoms with Gasteiger partial charge < -0.3 is 4.42 Å². The summed E-state index contributed by atoms with van der Waals surface area (Å²) in [4.78, 5) is 14.9. The molecule has 10 rings (SSSR count). The standard InChI is InChI=1S/C45H27N3OS/c1-2-12-28(13-3-1)38-26-39(48-45(47-38)35-17-5-4-15-30(35)29-14-11-25-46-27-29)36-24-23-32(43-42(36)37-18-6-8-21-40(37)49-43)34-20-10-19-33-31-16-7-9-22-41(31)50-44(33)34/h1-27H. The molecule has 234 valence electrons. The Kier molecular flexibility index (Phi) is 6.64. The molecule has 0 atom stereocenters. The van der Waals surface area contributed by atoms with Crippen molar-refractivity contribution >= 4 is 53.4 Å². The van der Waals surface area contributed by atoms with Crippen molar-refractivity contribution in [3.63, 3.8) is 0 Å². The maximum atomic E-state index is 6.78. The SMILES string of the molecule is c1ccc(-c2cc(-c3ccc(-c4cccc5c4sc4ccccc45)c4oc5ccccc5c34)nc(-c3ccccc3-c3cccnc3)n2)cc1. The smallest absolute Gasteiger partial charge is 0.161 e. The maximum absolute atomic E-state index is 6.78. The van der Waals surface area contributed by atoms with Gasteiger partial charge in [0.05, 0.1) is 11.4 Å². The van der Waals surface area contributed by atoms with Crippen molar-refractivity contribution in [2.75, 3.05) is 0 Å². The number of pyridine rings is 1. The van der Waals surface area contributed by atoms with E-state index in [-0.39, 0.29) is 0 Å². The van der Waals surface area contributed by atoms with Gasteiger partial charge in [0, 0.05) is 76.7 Å². The van der Waals surface area contributed by atoms with E-state index in [0.717, 1.165) is 72.3 Å². The predicted octanol–water partition coefficient (Wildman–Crippen LogP) is 12.5. The molecule has 10 aromatic rings. The molecule has 0 radical (unpaired) electrons. The molecule has 50 heavy (non-hydrogen) atoms.